The van der Waals surface area contributed by atoms with Gasteiger partial charge in [0.15, 0.2) is 0 Å². The van der Waals surface area contributed by atoms with Crippen LogP contribution in [-0.4, -0.2) is 38.8 Å². The average Bonchev–Trinajstić information content (AvgIpc) is 2.62. The van der Waals surface area contributed by atoms with Gasteiger partial charge in [-0.1, -0.05) is 29.8 Å². The maximum absolute atomic E-state index is 12.4. The summed E-state index contributed by atoms with van der Waals surface area (Å²) < 4.78 is 5.41. The topological polar surface area (TPSA) is 53.6 Å². The molecule has 5 heteroatoms. The molecule has 1 saturated heterocycles. The van der Waals surface area contributed by atoms with Crippen LogP contribution in [0.5, 0.6) is 0 Å². The van der Waals surface area contributed by atoms with Gasteiger partial charge in [-0.25, -0.2) is 0 Å². The molecule has 2 aromatic rings. The number of amides is 1. The molecule has 1 amide bonds. The zero-order valence-corrected chi connectivity index (χ0v) is 14.8. The lowest BCUT2D eigenvalue weighted by atomic mass is 10.1. The molecule has 0 bridgehead atoms. The van der Waals surface area contributed by atoms with E-state index in [1.54, 1.807) is 0 Å². The van der Waals surface area contributed by atoms with Crippen LogP contribution < -0.4 is 15.5 Å². The van der Waals surface area contributed by atoms with Crippen molar-refractivity contribution in [1.29, 1.82) is 0 Å². The van der Waals surface area contributed by atoms with Crippen molar-refractivity contribution >= 4 is 23.0 Å². The van der Waals surface area contributed by atoms with Crippen molar-refractivity contribution in [2.45, 2.75) is 13.8 Å². The second-order valence-electron chi connectivity index (χ2n) is 6.34. The Kier molecular flexibility index (Phi) is 5.56. The number of anilines is 3. The number of carbonyl (C=O) groups excluding carboxylic acids is 1. The predicted molar refractivity (Wildman–Crippen MR) is 103 cm³/mol. The Bertz CT molecular complexity index is 739. The van der Waals surface area contributed by atoms with Gasteiger partial charge in [-0.3, -0.25) is 4.79 Å². The number of aryl methyl sites for hydroxylation is 2. The number of hydrogen-bond donors (Lipinski definition) is 2. The third-order valence-electron chi connectivity index (χ3n) is 4.35. The number of rotatable bonds is 5. The normalized spacial score (nSPS) is 14.2. The van der Waals surface area contributed by atoms with Crippen molar-refractivity contribution in [3.63, 3.8) is 0 Å². The standard InChI is InChI=1S/C20H25N3O2/c1-15-7-8-17(16(2)13-15)21-14-20(24)22-18-5-3-4-6-19(18)23-9-11-25-12-10-23/h3-8,13,21H,9-12,14H2,1-2H3,(H,22,24). The molecule has 1 aliphatic rings. The van der Waals surface area contributed by atoms with Crippen LogP contribution >= 0.6 is 0 Å². The van der Waals surface area contributed by atoms with Gasteiger partial charge in [-0.15, -0.1) is 0 Å². The molecule has 2 N–H and O–H groups in total. The first-order valence-corrected chi connectivity index (χ1v) is 8.66. The van der Waals surface area contributed by atoms with Gasteiger partial charge >= 0.3 is 0 Å². The maximum Gasteiger partial charge on any atom is 0.243 e. The van der Waals surface area contributed by atoms with Crippen LogP contribution in [0.15, 0.2) is 42.5 Å². The summed E-state index contributed by atoms with van der Waals surface area (Å²) in [5.74, 6) is -0.0549. The molecule has 3 rings (SSSR count). The van der Waals surface area contributed by atoms with Crippen LogP contribution in [0, 0.1) is 13.8 Å². The molecule has 0 saturated carbocycles. The third kappa shape index (κ3) is 4.51. The zero-order chi connectivity index (χ0) is 17.6. The number of benzene rings is 2. The minimum absolute atomic E-state index is 0.0549. The highest BCUT2D eigenvalue weighted by Crippen LogP contribution is 2.26. The highest BCUT2D eigenvalue weighted by Gasteiger charge is 2.15. The van der Waals surface area contributed by atoms with E-state index >= 15 is 0 Å². The van der Waals surface area contributed by atoms with E-state index in [0.29, 0.717) is 0 Å². The number of morpholine rings is 1. The van der Waals surface area contributed by atoms with E-state index in [2.05, 4.69) is 28.5 Å². The summed E-state index contributed by atoms with van der Waals surface area (Å²) in [6, 6.07) is 14.1. The minimum Gasteiger partial charge on any atom is -0.378 e. The second-order valence-corrected chi connectivity index (χ2v) is 6.34. The number of hydrogen-bond acceptors (Lipinski definition) is 4. The van der Waals surface area contributed by atoms with Gasteiger partial charge in [0.2, 0.25) is 5.91 Å². The molecule has 5 nitrogen and oxygen atoms in total. The van der Waals surface area contributed by atoms with Gasteiger partial charge in [0, 0.05) is 18.8 Å². The molecule has 0 aliphatic carbocycles. The molecule has 0 aromatic heterocycles. The number of nitrogens with one attached hydrogen (secondary N) is 2. The van der Waals surface area contributed by atoms with Gasteiger partial charge in [-0.05, 0) is 37.6 Å². The Morgan fingerprint density at radius 1 is 1.08 bits per heavy atom. The van der Waals surface area contributed by atoms with E-state index in [-0.39, 0.29) is 12.5 Å². The largest absolute Gasteiger partial charge is 0.378 e. The third-order valence-corrected chi connectivity index (χ3v) is 4.35. The fourth-order valence-electron chi connectivity index (χ4n) is 3.04. The fraction of sp³-hybridized carbons (Fsp3) is 0.350. The quantitative estimate of drug-likeness (QED) is 0.878. The molecule has 1 aliphatic heterocycles. The summed E-state index contributed by atoms with van der Waals surface area (Å²) in [5.41, 5.74) is 5.23. The van der Waals surface area contributed by atoms with Crippen LogP contribution in [0.2, 0.25) is 0 Å². The molecule has 1 heterocycles. The predicted octanol–water partition coefficient (Wildman–Crippen LogP) is 3.19. The first-order chi connectivity index (χ1) is 12.1. The lowest BCUT2D eigenvalue weighted by molar-refractivity contribution is -0.114. The van der Waals surface area contributed by atoms with Crippen LogP contribution in [0.4, 0.5) is 17.1 Å². The molecule has 2 aromatic carbocycles. The van der Waals surface area contributed by atoms with Crippen LogP contribution in [0.1, 0.15) is 11.1 Å². The summed E-state index contributed by atoms with van der Waals surface area (Å²) in [6.45, 7) is 7.46. The van der Waals surface area contributed by atoms with Crippen LogP contribution in [0.3, 0.4) is 0 Å². The Morgan fingerprint density at radius 2 is 1.84 bits per heavy atom. The Hall–Kier alpha value is -2.53. The number of ether oxygens (including phenoxy) is 1. The molecule has 25 heavy (non-hydrogen) atoms. The van der Waals surface area contributed by atoms with Crippen molar-refractivity contribution in [2.24, 2.45) is 0 Å². The smallest absolute Gasteiger partial charge is 0.243 e. The van der Waals surface area contributed by atoms with Crippen molar-refractivity contribution < 1.29 is 9.53 Å². The summed E-state index contributed by atoms with van der Waals surface area (Å²) in [6.07, 6.45) is 0. The first-order valence-electron chi connectivity index (χ1n) is 8.66. The van der Waals surface area contributed by atoms with Crippen molar-refractivity contribution in [3.8, 4) is 0 Å². The van der Waals surface area contributed by atoms with Gasteiger partial charge in [-0.2, -0.15) is 0 Å². The fourth-order valence-corrected chi connectivity index (χ4v) is 3.04. The highest BCUT2D eigenvalue weighted by molar-refractivity contribution is 5.96. The lowest BCUT2D eigenvalue weighted by Crippen LogP contribution is -2.37. The summed E-state index contributed by atoms with van der Waals surface area (Å²) in [4.78, 5) is 14.6. The van der Waals surface area contributed by atoms with Gasteiger partial charge in [0.05, 0.1) is 31.1 Å². The van der Waals surface area contributed by atoms with Gasteiger partial charge in [0.25, 0.3) is 0 Å². The second kappa shape index (κ2) is 8.03. The summed E-state index contributed by atoms with van der Waals surface area (Å²) in [7, 11) is 0. The molecule has 0 radical (unpaired) electrons. The van der Waals surface area contributed by atoms with Gasteiger partial charge in [0.1, 0.15) is 0 Å². The monoisotopic (exact) mass is 339 g/mol. The lowest BCUT2D eigenvalue weighted by Gasteiger charge is -2.30. The Labute approximate surface area is 149 Å². The van der Waals surface area contributed by atoms with E-state index in [1.807, 2.05) is 43.3 Å². The van der Waals surface area contributed by atoms with Gasteiger partial charge < -0.3 is 20.3 Å². The Balaban J connectivity index is 1.63. The maximum atomic E-state index is 12.4. The van der Waals surface area contributed by atoms with Crippen molar-refractivity contribution in [3.05, 3.63) is 53.6 Å². The number of carbonyl (C=O) groups is 1. The SMILES string of the molecule is Cc1ccc(NCC(=O)Nc2ccccc2N2CCOCC2)c(C)c1. The Morgan fingerprint density at radius 3 is 2.60 bits per heavy atom. The van der Waals surface area contributed by atoms with E-state index in [9.17, 15) is 4.79 Å². The van der Waals surface area contributed by atoms with E-state index < -0.39 is 0 Å². The number of nitrogens with zero attached hydrogens (tertiary/aromatic N) is 1. The van der Waals surface area contributed by atoms with Crippen molar-refractivity contribution in [1.82, 2.24) is 0 Å². The minimum atomic E-state index is -0.0549. The molecule has 0 unspecified atom stereocenters. The molecule has 0 atom stereocenters. The average molecular weight is 339 g/mol. The molecule has 0 spiro atoms. The molecule has 1 fully saturated rings. The van der Waals surface area contributed by atoms with E-state index in [4.69, 9.17) is 4.74 Å². The van der Waals surface area contributed by atoms with Crippen molar-refractivity contribution in [2.75, 3.05) is 48.4 Å². The first kappa shape index (κ1) is 17.3. The summed E-state index contributed by atoms with van der Waals surface area (Å²) in [5, 5.41) is 6.24. The number of para-hydroxylation sites is 2. The zero-order valence-electron chi connectivity index (χ0n) is 14.8. The summed E-state index contributed by atoms with van der Waals surface area (Å²) >= 11 is 0. The molecular weight excluding hydrogens is 314 g/mol. The van der Waals surface area contributed by atoms with E-state index in [0.717, 1.165) is 48.9 Å². The van der Waals surface area contributed by atoms with E-state index in [1.165, 1.54) is 5.56 Å². The highest BCUT2D eigenvalue weighted by atomic mass is 16.5. The molecule has 132 valence electrons. The molecular formula is C20H25N3O2. The van der Waals surface area contributed by atoms with Crippen LogP contribution in [-0.2, 0) is 9.53 Å². The van der Waals surface area contributed by atoms with Crippen LogP contribution in [0.25, 0.3) is 0 Å².